The summed E-state index contributed by atoms with van der Waals surface area (Å²) in [5, 5.41) is 52.4. The molecule has 1 aliphatic carbocycles. The van der Waals surface area contributed by atoms with Gasteiger partial charge in [-0.2, -0.15) is 0 Å². The van der Waals surface area contributed by atoms with Crippen molar-refractivity contribution in [2.75, 3.05) is 19.8 Å². The number of esters is 3. The van der Waals surface area contributed by atoms with Gasteiger partial charge < -0.3 is 54.0 Å². The molecule has 0 aromatic carbocycles. The van der Waals surface area contributed by atoms with Gasteiger partial charge in [0.25, 0.3) is 0 Å². The van der Waals surface area contributed by atoms with Crippen LogP contribution in [0.25, 0.3) is 0 Å². The molecule has 1 saturated carbocycles. The number of ether oxygens (including phenoxy) is 6. The third-order valence-corrected chi connectivity index (χ3v) is 7.06. The first kappa shape index (κ1) is 31.2. The second-order valence-electron chi connectivity index (χ2n) is 10.5. The second kappa shape index (κ2) is 12.9. The second-order valence-corrected chi connectivity index (χ2v) is 10.5. The van der Waals surface area contributed by atoms with Crippen LogP contribution in [0.3, 0.4) is 0 Å². The van der Waals surface area contributed by atoms with E-state index in [1.165, 1.54) is 6.26 Å². The molecule has 14 heteroatoms. The summed E-state index contributed by atoms with van der Waals surface area (Å²) in [6.07, 6.45) is -8.62. The zero-order chi connectivity index (χ0) is 29.1. The lowest BCUT2D eigenvalue weighted by molar-refractivity contribution is -0.302. The van der Waals surface area contributed by atoms with Crippen LogP contribution in [0, 0.1) is 17.8 Å². The molecule has 10 atom stereocenters. The number of carbonyl (C=O) groups excluding carboxylic acids is 3. The van der Waals surface area contributed by atoms with Crippen LogP contribution < -0.4 is 0 Å². The van der Waals surface area contributed by atoms with E-state index in [2.05, 4.69) is 0 Å². The van der Waals surface area contributed by atoms with Crippen LogP contribution >= 0.6 is 0 Å². The predicted molar refractivity (Wildman–Crippen MR) is 127 cm³/mol. The summed E-state index contributed by atoms with van der Waals surface area (Å²) < 4.78 is 32.6. The third kappa shape index (κ3) is 7.06. The van der Waals surface area contributed by atoms with E-state index in [1.807, 2.05) is 13.8 Å². The average Bonchev–Trinajstić information content (AvgIpc) is 3.11. The number of aliphatic hydroxyl groups excluding tert-OH is 4. The number of rotatable bonds is 10. The molecule has 10 unspecified atom stereocenters. The molecular formula is C25H38O14. The summed E-state index contributed by atoms with van der Waals surface area (Å²) in [6.45, 7) is 4.38. The van der Waals surface area contributed by atoms with E-state index in [9.17, 15) is 39.9 Å². The molecule has 2 heterocycles. The highest BCUT2D eigenvalue weighted by Gasteiger charge is 2.61. The lowest BCUT2D eigenvalue weighted by Gasteiger charge is -2.42. The molecule has 1 saturated heterocycles. The van der Waals surface area contributed by atoms with E-state index < -0.39 is 91.7 Å². The Bertz CT molecular complexity index is 920. The van der Waals surface area contributed by atoms with Crippen molar-refractivity contribution >= 4 is 17.9 Å². The highest BCUT2D eigenvalue weighted by Crippen LogP contribution is 2.49. The molecule has 222 valence electrons. The number of fused-ring (bicyclic) bond motifs is 1. The number of aliphatic hydroxyl groups is 5. The van der Waals surface area contributed by atoms with Crippen LogP contribution in [-0.4, -0.2) is 112 Å². The van der Waals surface area contributed by atoms with Crippen molar-refractivity contribution in [2.24, 2.45) is 17.8 Å². The molecule has 14 nitrogen and oxygen atoms in total. The Hall–Kier alpha value is -2.33. The third-order valence-electron chi connectivity index (χ3n) is 7.06. The molecule has 0 amide bonds. The van der Waals surface area contributed by atoms with Gasteiger partial charge in [-0.3, -0.25) is 14.4 Å². The van der Waals surface area contributed by atoms with Crippen LogP contribution in [0.1, 0.15) is 40.5 Å². The van der Waals surface area contributed by atoms with Gasteiger partial charge in [0.05, 0.1) is 31.5 Å². The summed E-state index contributed by atoms with van der Waals surface area (Å²) in [4.78, 5) is 35.5. The molecule has 0 aromatic rings. The minimum absolute atomic E-state index is 0.0113. The highest BCUT2D eigenvalue weighted by molar-refractivity contribution is 5.69. The predicted octanol–water partition coefficient (Wildman–Crippen LogP) is -1.51. The van der Waals surface area contributed by atoms with Crippen molar-refractivity contribution in [1.29, 1.82) is 0 Å². The van der Waals surface area contributed by atoms with Gasteiger partial charge >= 0.3 is 17.9 Å². The summed E-state index contributed by atoms with van der Waals surface area (Å²) in [5.41, 5.74) is -1.64. The lowest BCUT2D eigenvalue weighted by Crippen LogP contribution is -2.60. The van der Waals surface area contributed by atoms with Gasteiger partial charge in [-0.25, -0.2) is 0 Å². The molecule has 5 N–H and O–H groups in total. The average molecular weight is 563 g/mol. The van der Waals surface area contributed by atoms with Crippen molar-refractivity contribution in [3.8, 4) is 0 Å². The minimum atomic E-state index is -2.03. The largest absolute Gasteiger partial charge is 0.463 e. The maximum absolute atomic E-state index is 12.4. The fourth-order valence-corrected chi connectivity index (χ4v) is 5.14. The molecule has 2 aliphatic heterocycles. The van der Waals surface area contributed by atoms with E-state index in [-0.39, 0.29) is 25.4 Å². The molecule has 3 rings (SSSR count). The Morgan fingerprint density at radius 1 is 1.08 bits per heavy atom. The van der Waals surface area contributed by atoms with Gasteiger partial charge in [0.1, 0.15) is 30.5 Å². The Morgan fingerprint density at radius 2 is 1.77 bits per heavy atom. The summed E-state index contributed by atoms with van der Waals surface area (Å²) in [5.74, 6) is -3.78. The molecular weight excluding hydrogens is 524 g/mol. The Balaban J connectivity index is 1.84. The zero-order valence-electron chi connectivity index (χ0n) is 22.3. The van der Waals surface area contributed by atoms with E-state index >= 15 is 0 Å². The fourth-order valence-electron chi connectivity index (χ4n) is 5.14. The maximum Gasteiger partial charge on any atom is 0.309 e. The normalized spacial score (nSPS) is 37.9. The van der Waals surface area contributed by atoms with Crippen molar-refractivity contribution in [1.82, 2.24) is 0 Å². The van der Waals surface area contributed by atoms with Crippen molar-refractivity contribution in [3.05, 3.63) is 11.8 Å². The van der Waals surface area contributed by atoms with E-state index in [0.717, 1.165) is 13.8 Å². The number of hydrogen-bond acceptors (Lipinski definition) is 14. The standard InChI is InChI=1S/C25H38O14/c1-11(2)5-18(30)39-23-19-15(6-17(29)25(19,33)10-36-12(3)27)14(8-34-23)9-35-24-22(37-13(4)28)21(32)20(31)16(7-26)38-24/h8,11,15-17,19-24,26,29,31-33H,5-7,9-10H2,1-4H3. The summed E-state index contributed by atoms with van der Waals surface area (Å²) in [6, 6.07) is 0. The molecule has 39 heavy (non-hydrogen) atoms. The number of hydrogen-bond donors (Lipinski definition) is 5. The van der Waals surface area contributed by atoms with Crippen LogP contribution in [0.5, 0.6) is 0 Å². The molecule has 0 aromatic heterocycles. The Morgan fingerprint density at radius 3 is 2.36 bits per heavy atom. The van der Waals surface area contributed by atoms with Gasteiger partial charge in [-0.15, -0.1) is 0 Å². The van der Waals surface area contributed by atoms with Gasteiger partial charge in [0.15, 0.2) is 12.4 Å². The SMILES string of the molecule is CC(=O)OCC1(O)C(O)CC2C(COC3OC(CO)C(O)C(O)C3OC(C)=O)=COC(OC(=O)CC(C)C)C21. The summed E-state index contributed by atoms with van der Waals surface area (Å²) in [7, 11) is 0. The van der Waals surface area contributed by atoms with Gasteiger partial charge in [-0.1, -0.05) is 13.8 Å². The molecule has 2 fully saturated rings. The monoisotopic (exact) mass is 562 g/mol. The highest BCUT2D eigenvalue weighted by atomic mass is 16.7. The first-order chi connectivity index (χ1) is 18.3. The van der Waals surface area contributed by atoms with E-state index in [1.54, 1.807) is 0 Å². The maximum atomic E-state index is 12.4. The zero-order valence-corrected chi connectivity index (χ0v) is 22.3. The first-order valence-electron chi connectivity index (χ1n) is 12.8. The molecule has 0 radical (unpaired) electrons. The van der Waals surface area contributed by atoms with E-state index in [4.69, 9.17) is 28.4 Å². The Labute approximate surface area is 225 Å². The van der Waals surface area contributed by atoms with Crippen LogP contribution in [0.2, 0.25) is 0 Å². The molecule has 0 bridgehead atoms. The van der Waals surface area contributed by atoms with Crippen molar-refractivity contribution in [3.63, 3.8) is 0 Å². The van der Waals surface area contributed by atoms with Crippen LogP contribution in [0.4, 0.5) is 0 Å². The quantitative estimate of drug-likeness (QED) is 0.152. The lowest BCUT2D eigenvalue weighted by atomic mass is 9.80. The molecule has 0 spiro atoms. The van der Waals surface area contributed by atoms with Gasteiger partial charge in [-0.05, 0) is 17.9 Å². The number of carbonyl (C=O) groups is 3. The van der Waals surface area contributed by atoms with Crippen LogP contribution in [-0.2, 0) is 42.8 Å². The Kier molecular flexibility index (Phi) is 10.3. The minimum Gasteiger partial charge on any atom is -0.463 e. The topological polar surface area (TPSA) is 208 Å². The van der Waals surface area contributed by atoms with Gasteiger partial charge in [0, 0.05) is 26.2 Å². The van der Waals surface area contributed by atoms with E-state index in [0.29, 0.717) is 5.57 Å². The molecule has 3 aliphatic rings. The van der Waals surface area contributed by atoms with Crippen molar-refractivity contribution < 1.29 is 68.3 Å². The smallest absolute Gasteiger partial charge is 0.309 e. The van der Waals surface area contributed by atoms with Crippen LogP contribution in [0.15, 0.2) is 11.8 Å². The fraction of sp³-hybridized carbons (Fsp3) is 0.800. The van der Waals surface area contributed by atoms with Gasteiger partial charge in [0.2, 0.25) is 6.29 Å². The first-order valence-corrected chi connectivity index (χ1v) is 12.8. The summed E-state index contributed by atoms with van der Waals surface area (Å²) >= 11 is 0. The van der Waals surface area contributed by atoms with Crippen molar-refractivity contribution in [2.45, 2.75) is 89.2 Å².